The van der Waals surface area contributed by atoms with Crippen LogP contribution in [0.3, 0.4) is 0 Å². The SMILES string of the molecule is COc1cc(OC)c(OC)cc1C=CC(=O)OCc1cn2ccccc2c1C#N. The number of hydrogen-bond acceptors (Lipinski definition) is 6. The summed E-state index contributed by atoms with van der Waals surface area (Å²) in [5.41, 5.74) is 2.54. The molecular formula is C22H20N2O5. The van der Waals surface area contributed by atoms with Gasteiger partial charge in [-0.05, 0) is 24.3 Å². The van der Waals surface area contributed by atoms with Crippen molar-refractivity contribution in [2.24, 2.45) is 0 Å². The van der Waals surface area contributed by atoms with Gasteiger partial charge in [-0.3, -0.25) is 0 Å². The summed E-state index contributed by atoms with van der Waals surface area (Å²) in [5.74, 6) is 1.02. The Hall–Kier alpha value is -3.92. The lowest BCUT2D eigenvalue weighted by Crippen LogP contribution is -2.01. The lowest BCUT2D eigenvalue weighted by Gasteiger charge is -2.12. The minimum absolute atomic E-state index is 0.00316. The van der Waals surface area contributed by atoms with Gasteiger partial charge in [0.25, 0.3) is 0 Å². The van der Waals surface area contributed by atoms with E-state index < -0.39 is 5.97 Å². The zero-order valence-corrected chi connectivity index (χ0v) is 16.3. The minimum Gasteiger partial charge on any atom is -0.496 e. The summed E-state index contributed by atoms with van der Waals surface area (Å²) in [6.45, 7) is -0.00316. The van der Waals surface area contributed by atoms with E-state index in [4.69, 9.17) is 18.9 Å². The molecule has 148 valence electrons. The van der Waals surface area contributed by atoms with Crippen LogP contribution in [0.2, 0.25) is 0 Å². The lowest BCUT2D eigenvalue weighted by atomic mass is 10.1. The summed E-state index contributed by atoms with van der Waals surface area (Å²) in [5, 5.41) is 9.42. The molecule has 7 heteroatoms. The van der Waals surface area contributed by atoms with Crippen molar-refractivity contribution in [1.82, 2.24) is 4.40 Å². The zero-order chi connectivity index (χ0) is 20.8. The Morgan fingerprint density at radius 3 is 2.52 bits per heavy atom. The number of esters is 1. The molecule has 7 nitrogen and oxygen atoms in total. The summed E-state index contributed by atoms with van der Waals surface area (Å²) in [6, 6.07) is 11.1. The second-order valence-corrected chi connectivity index (χ2v) is 6.02. The van der Waals surface area contributed by atoms with Crippen LogP contribution in [0.5, 0.6) is 17.2 Å². The van der Waals surface area contributed by atoms with Gasteiger partial charge in [-0.25, -0.2) is 4.79 Å². The molecular weight excluding hydrogens is 372 g/mol. The summed E-state index contributed by atoms with van der Waals surface area (Å²) in [4.78, 5) is 12.2. The van der Waals surface area contributed by atoms with Crippen LogP contribution in [0.25, 0.3) is 11.6 Å². The van der Waals surface area contributed by atoms with E-state index in [1.807, 2.05) is 28.8 Å². The van der Waals surface area contributed by atoms with E-state index in [2.05, 4.69) is 6.07 Å². The molecule has 0 unspecified atom stereocenters. The quantitative estimate of drug-likeness (QED) is 0.451. The third kappa shape index (κ3) is 4.17. The number of ether oxygens (including phenoxy) is 4. The van der Waals surface area contributed by atoms with Crippen molar-refractivity contribution in [2.75, 3.05) is 21.3 Å². The standard InChI is InChI=1S/C22H20N2O5/c1-26-19-11-21(28-3)20(27-2)10-15(19)7-8-22(25)29-14-16-13-24-9-5-4-6-18(24)17(16)12-23/h4-11,13H,14H2,1-3H3. The highest BCUT2D eigenvalue weighted by Gasteiger charge is 2.13. The van der Waals surface area contributed by atoms with Gasteiger partial charge in [-0.15, -0.1) is 0 Å². The number of fused-ring (bicyclic) bond motifs is 1. The molecule has 0 aliphatic rings. The summed E-state index contributed by atoms with van der Waals surface area (Å²) < 4.78 is 23.0. The fraction of sp³-hybridized carbons (Fsp3) is 0.182. The second kappa shape index (κ2) is 8.85. The van der Waals surface area contributed by atoms with Crippen LogP contribution in [-0.4, -0.2) is 31.7 Å². The van der Waals surface area contributed by atoms with Crippen molar-refractivity contribution in [3.63, 3.8) is 0 Å². The number of aromatic nitrogens is 1. The number of benzene rings is 1. The molecule has 0 aliphatic heterocycles. The molecule has 0 amide bonds. The highest BCUT2D eigenvalue weighted by Crippen LogP contribution is 2.35. The first-order chi connectivity index (χ1) is 14.1. The number of methoxy groups -OCH3 is 3. The molecule has 29 heavy (non-hydrogen) atoms. The Balaban J connectivity index is 1.75. The predicted octanol–water partition coefficient (Wildman–Crippen LogP) is 3.59. The van der Waals surface area contributed by atoms with Gasteiger partial charge < -0.3 is 23.3 Å². The molecule has 0 spiro atoms. The van der Waals surface area contributed by atoms with Gasteiger partial charge in [0.1, 0.15) is 18.4 Å². The van der Waals surface area contributed by atoms with Gasteiger partial charge in [-0.2, -0.15) is 5.26 Å². The van der Waals surface area contributed by atoms with Crippen LogP contribution >= 0.6 is 0 Å². The van der Waals surface area contributed by atoms with E-state index in [1.54, 1.807) is 24.4 Å². The van der Waals surface area contributed by atoms with Crippen LogP contribution in [0.1, 0.15) is 16.7 Å². The van der Waals surface area contributed by atoms with Gasteiger partial charge in [0.15, 0.2) is 11.5 Å². The van der Waals surface area contributed by atoms with Gasteiger partial charge in [-0.1, -0.05) is 6.07 Å². The van der Waals surface area contributed by atoms with Gasteiger partial charge >= 0.3 is 5.97 Å². The average molecular weight is 392 g/mol. The smallest absolute Gasteiger partial charge is 0.331 e. The summed E-state index contributed by atoms with van der Waals surface area (Å²) >= 11 is 0. The van der Waals surface area contributed by atoms with E-state index in [-0.39, 0.29) is 6.61 Å². The number of hydrogen-bond donors (Lipinski definition) is 0. The molecule has 0 saturated heterocycles. The number of nitriles is 1. The Morgan fingerprint density at radius 1 is 1.10 bits per heavy atom. The molecule has 3 aromatic rings. The van der Waals surface area contributed by atoms with Gasteiger partial charge in [0.05, 0.1) is 32.4 Å². The number of pyridine rings is 1. The molecule has 2 heterocycles. The van der Waals surface area contributed by atoms with Crippen LogP contribution in [-0.2, 0) is 16.1 Å². The maximum Gasteiger partial charge on any atom is 0.331 e. The van der Waals surface area contributed by atoms with E-state index in [1.165, 1.54) is 27.4 Å². The number of nitrogens with zero attached hydrogens (tertiary/aromatic N) is 2. The molecule has 0 aliphatic carbocycles. The Labute approximate surface area is 168 Å². The second-order valence-electron chi connectivity index (χ2n) is 6.02. The van der Waals surface area contributed by atoms with E-state index >= 15 is 0 Å². The van der Waals surface area contributed by atoms with Crippen molar-refractivity contribution in [1.29, 1.82) is 5.26 Å². The van der Waals surface area contributed by atoms with Crippen molar-refractivity contribution in [2.45, 2.75) is 6.61 Å². The van der Waals surface area contributed by atoms with Gasteiger partial charge in [0, 0.05) is 35.7 Å². The predicted molar refractivity (Wildman–Crippen MR) is 107 cm³/mol. The molecule has 3 rings (SSSR count). The van der Waals surface area contributed by atoms with E-state index in [0.29, 0.717) is 33.9 Å². The molecule has 1 aromatic carbocycles. The normalized spacial score (nSPS) is 10.7. The highest BCUT2D eigenvalue weighted by molar-refractivity contribution is 5.88. The van der Waals surface area contributed by atoms with Crippen molar-refractivity contribution in [3.05, 3.63) is 65.5 Å². The molecule has 2 aromatic heterocycles. The molecule has 0 N–H and O–H groups in total. The molecule has 0 atom stereocenters. The van der Waals surface area contributed by atoms with Gasteiger partial charge in [0.2, 0.25) is 0 Å². The summed E-state index contributed by atoms with van der Waals surface area (Å²) in [7, 11) is 4.59. The molecule has 0 saturated carbocycles. The van der Waals surface area contributed by atoms with Crippen LogP contribution in [0, 0.1) is 11.3 Å². The third-order valence-electron chi connectivity index (χ3n) is 4.38. The highest BCUT2D eigenvalue weighted by atomic mass is 16.5. The number of carbonyl (C=O) groups is 1. The fourth-order valence-electron chi connectivity index (χ4n) is 2.95. The monoisotopic (exact) mass is 392 g/mol. The number of rotatable bonds is 7. The first kappa shape index (κ1) is 19.8. The lowest BCUT2D eigenvalue weighted by molar-refractivity contribution is -0.138. The largest absolute Gasteiger partial charge is 0.496 e. The molecule has 0 radical (unpaired) electrons. The van der Waals surface area contributed by atoms with Crippen molar-refractivity contribution in [3.8, 4) is 23.3 Å². The van der Waals surface area contributed by atoms with Crippen molar-refractivity contribution < 1.29 is 23.7 Å². The van der Waals surface area contributed by atoms with Crippen LogP contribution < -0.4 is 14.2 Å². The zero-order valence-electron chi connectivity index (χ0n) is 16.3. The van der Waals surface area contributed by atoms with Crippen molar-refractivity contribution >= 4 is 17.6 Å². The average Bonchev–Trinajstić information content (AvgIpc) is 3.12. The Kier molecular flexibility index (Phi) is 6.05. The topological polar surface area (TPSA) is 82.2 Å². The molecule has 0 fully saturated rings. The first-order valence-electron chi connectivity index (χ1n) is 8.74. The van der Waals surface area contributed by atoms with E-state index in [9.17, 15) is 10.1 Å². The van der Waals surface area contributed by atoms with E-state index in [0.717, 1.165) is 5.52 Å². The van der Waals surface area contributed by atoms with Crippen LogP contribution in [0.15, 0.2) is 48.8 Å². The number of carbonyl (C=O) groups excluding carboxylic acids is 1. The Morgan fingerprint density at radius 2 is 1.83 bits per heavy atom. The van der Waals surface area contributed by atoms with Crippen LogP contribution in [0.4, 0.5) is 0 Å². The maximum absolute atomic E-state index is 12.2. The molecule has 0 bridgehead atoms. The minimum atomic E-state index is -0.541. The summed E-state index contributed by atoms with van der Waals surface area (Å²) in [6.07, 6.45) is 6.49. The maximum atomic E-state index is 12.2. The first-order valence-corrected chi connectivity index (χ1v) is 8.74. The Bertz CT molecular complexity index is 1110. The fourth-order valence-corrected chi connectivity index (χ4v) is 2.95. The third-order valence-corrected chi connectivity index (χ3v) is 4.38.